The molecule has 0 radical (unpaired) electrons. The van der Waals surface area contributed by atoms with Crippen LogP contribution in [0.1, 0.15) is 434 Å². The van der Waals surface area contributed by atoms with Crippen LogP contribution in [0.3, 0.4) is 0 Å². The Kier molecular flexibility index (Phi) is 71.5. The molecule has 0 aliphatic carbocycles. The third kappa shape index (κ3) is 76.6. The molecule has 0 aliphatic heterocycles. The van der Waals surface area contributed by atoms with Crippen molar-refractivity contribution in [2.75, 3.05) is 39.6 Å². The first-order valence-corrected chi connectivity index (χ1v) is 46.2. The van der Waals surface area contributed by atoms with E-state index in [0.717, 1.165) is 114 Å². The molecular weight excluding hydrogens is 1340 g/mol. The number of rotatable bonds is 81. The molecule has 0 heterocycles. The zero-order chi connectivity index (χ0) is 76.0. The summed E-state index contributed by atoms with van der Waals surface area (Å²) in [6, 6.07) is 0. The summed E-state index contributed by atoms with van der Waals surface area (Å²) in [5.74, 6) is 1.01. The summed E-state index contributed by atoms with van der Waals surface area (Å²) in [6.07, 6.45) is 61.2. The molecule has 19 heteroatoms. The van der Waals surface area contributed by atoms with Gasteiger partial charge in [0.15, 0.2) is 12.2 Å². The maximum absolute atomic E-state index is 13.1. The fourth-order valence-corrected chi connectivity index (χ4v) is 14.5. The van der Waals surface area contributed by atoms with Gasteiger partial charge in [-0.2, -0.15) is 0 Å². The molecule has 0 amide bonds. The van der Waals surface area contributed by atoms with Gasteiger partial charge in [-0.05, 0) is 49.4 Å². The lowest BCUT2D eigenvalue weighted by Crippen LogP contribution is -2.30. The standard InChI is InChI=1S/C84H164O17P2/c1-9-77(8)63-55-47-38-32-26-19-14-12-10-11-13-15-20-28-34-40-50-58-67-84(89)101-80(71-95-82(87)65-57-49-43-42-46-54-62-76(6)7)73-99-103(92,93)97-69-78(85)68-96-102(90,91)98-72-79(70-94-81(86)64-56-48-39-33-27-23-22-25-31-37-45-53-61-75(4)5)100-83(88)66-59-51-41-35-29-21-17-16-18-24-30-36-44-52-60-74(2)3/h74-80,85H,9-73H2,1-8H3,(H,90,91)(H,92,93)/t77?,78-,79-,80-/m1/s1. The van der Waals surface area contributed by atoms with Crippen LogP contribution in [0.4, 0.5) is 0 Å². The van der Waals surface area contributed by atoms with Crippen molar-refractivity contribution >= 4 is 39.5 Å². The number of unbranched alkanes of at least 4 members (excludes halogenated alkanes) is 46. The van der Waals surface area contributed by atoms with E-state index in [1.807, 2.05) is 0 Å². The van der Waals surface area contributed by atoms with Crippen molar-refractivity contribution in [3.8, 4) is 0 Å². The van der Waals surface area contributed by atoms with E-state index in [0.29, 0.717) is 31.6 Å². The van der Waals surface area contributed by atoms with Crippen LogP contribution in [0.25, 0.3) is 0 Å². The Morgan fingerprint density at radius 1 is 0.272 bits per heavy atom. The lowest BCUT2D eigenvalue weighted by molar-refractivity contribution is -0.161. The van der Waals surface area contributed by atoms with Gasteiger partial charge in [0.2, 0.25) is 0 Å². The SMILES string of the molecule is CCC(C)CCCCCCCCCCCCCCCCCCCCC(=O)O[C@H](COC(=O)CCCCCCCCC(C)C)COP(=O)(O)OC[C@H](O)COP(=O)(O)OC[C@@H](COC(=O)CCCCCCCCCCCCCCC(C)C)OC(=O)CCCCCCCCCCCCCCCCC(C)C. The minimum atomic E-state index is -4.96. The molecule has 0 bridgehead atoms. The van der Waals surface area contributed by atoms with Gasteiger partial charge in [-0.15, -0.1) is 0 Å². The number of aliphatic hydroxyl groups excluding tert-OH is 1. The van der Waals surface area contributed by atoms with Gasteiger partial charge in [-0.1, -0.05) is 383 Å². The average molecular weight is 1510 g/mol. The fraction of sp³-hybridized carbons (Fsp3) is 0.952. The van der Waals surface area contributed by atoms with Crippen LogP contribution >= 0.6 is 15.6 Å². The Bertz CT molecular complexity index is 2010. The predicted octanol–water partition coefficient (Wildman–Crippen LogP) is 25.2. The second-order valence-electron chi connectivity index (χ2n) is 31.9. The molecule has 0 rings (SSSR count). The average Bonchev–Trinajstić information content (AvgIpc) is 0.915. The second-order valence-corrected chi connectivity index (χ2v) is 34.8. The molecule has 0 aromatic carbocycles. The molecule has 0 spiro atoms. The van der Waals surface area contributed by atoms with E-state index < -0.39 is 97.5 Å². The summed E-state index contributed by atoms with van der Waals surface area (Å²) in [7, 11) is -9.93. The van der Waals surface area contributed by atoms with Crippen molar-refractivity contribution in [2.45, 2.75) is 453 Å². The van der Waals surface area contributed by atoms with Crippen LogP contribution in [-0.2, 0) is 65.4 Å². The molecular formula is C84H164O17P2. The smallest absolute Gasteiger partial charge is 0.462 e. The number of carbonyl (C=O) groups is 4. The molecule has 0 aromatic rings. The topological polar surface area (TPSA) is 237 Å². The zero-order valence-corrected chi connectivity index (χ0v) is 69.7. The van der Waals surface area contributed by atoms with Crippen molar-refractivity contribution in [3.05, 3.63) is 0 Å². The van der Waals surface area contributed by atoms with Crippen LogP contribution in [0.15, 0.2) is 0 Å². The molecule has 0 aliphatic rings. The summed E-state index contributed by atoms with van der Waals surface area (Å²) >= 11 is 0. The molecule has 612 valence electrons. The highest BCUT2D eigenvalue weighted by Gasteiger charge is 2.30. The maximum Gasteiger partial charge on any atom is 0.472 e. The van der Waals surface area contributed by atoms with Gasteiger partial charge >= 0.3 is 39.5 Å². The molecule has 0 saturated heterocycles. The van der Waals surface area contributed by atoms with Crippen LogP contribution in [-0.4, -0.2) is 96.7 Å². The summed E-state index contributed by atoms with van der Waals surface area (Å²) in [6.45, 7) is 14.3. The molecule has 6 atom stereocenters. The summed E-state index contributed by atoms with van der Waals surface area (Å²) < 4.78 is 68.8. The van der Waals surface area contributed by atoms with E-state index in [-0.39, 0.29) is 25.7 Å². The lowest BCUT2D eigenvalue weighted by atomic mass is 9.99. The van der Waals surface area contributed by atoms with Crippen LogP contribution < -0.4 is 0 Å². The van der Waals surface area contributed by atoms with E-state index in [1.165, 1.54) is 231 Å². The monoisotopic (exact) mass is 1510 g/mol. The molecule has 0 saturated carbocycles. The number of hydrogen-bond acceptors (Lipinski definition) is 15. The van der Waals surface area contributed by atoms with E-state index in [9.17, 15) is 43.2 Å². The van der Waals surface area contributed by atoms with Crippen LogP contribution in [0, 0.1) is 23.7 Å². The summed E-state index contributed by atoms with van der Waals surface area (Å²) in [5.41, 5.74) is 0. The third-order valence-corrected chi connectivity index (χ3v) is 21.8. The molecule has 3 N–H and O–H groups in total. The summed E-state index contributed by atoms with van der Waals surface area (Å²) in [5, 5.41) is 10.7. The summed E-state index contributed by atoms with van der Waals surface area (Å²) in [4.78, 5) is 73.1. The molecule has 0 fully saturated rings. The fourth-order valence-electron chi connectivity index (χ4n) is 12.9. The number of phosphoric ester groups is 2. The first-order valence-electron chi connectivity index (χ1n) is 43.2. The first kappa shape index (κ1) is 101. The van der Waals surface area contributed by atoms with Crippen molar-refractivity contribution in [2.24, 2.45) is 23.7 Å². The van der Waals surface area contributed by atoms with Gasteiger partial charge in [0, 0.05) is 25.7 Å². The van der Waals surface area contributed by atoms with Crippen molar-refractivity contribution in [1.29, 1.82) is 0 Å². The highest BCUT2D eigenvalue weighted by Crippen LogP contribution is 2.45. The van der Waals surface area contributed by atoms with E-state index in [2.05, 4.69) is 55.4 Å². The van der Waals surface area contributed by atoms with Gasteiger partial charge in [0.25, 0.3) is 0 Å². The van der Waals surface area contributed by atoms with E-state index >= 15 is 0 Å². The number of esters is 4. The van der Waals surface area contributed by atoms with Gasteiger partial charge in [-0.3, -0.25) is 37.3 Å². The Hall–Kier alpha value is -1.94. The number of ether oxygens (including phenoxy) is 4. The third-order valence-electron chi connectivity index (χ3n) is 19.9. The van der Waals surface area contributed by atoms with Crippen molar-refractivity contribution < 1.29 is 80.2 Å². The Balaban J connectivity index is 5.19. The number of hydrogen-bond donors (Lipinski definition) is 3. The highest BCUT2D eigenvalue weighted by atomic mass is 31.2. The second kappa shape index (κ2) is 72.9. The number of aliphatic hydroxyl groups is 1. The number of phosphoric acid groups is 2. The number of carbonyl (C=O) groups excluding carboxylic acids is 4. The molecule has 0 aromatic heterocycles. The van der Waals surface area contributed by atoms with Gasteiger partial charge in [-0.25, -0.2) is 9.13 Å². The Labute approximate surface area is 632 Å². The van der Waals surface area contributed by atoms with Gasteiger partial charge in [0.05, 0.1) is 26.4 Å². The molecule has 103 heavy (non-hydrogen) atoms. The predicted molar refractivity (Wildman–Crippen MR) is 423 cm³/mol. The van der Waals surface area contributed by atoms with Crippen molar-refractivity contribution in [1.82, 2.24) is 0 Å². The van der Waals surface area contributed by atoms with E-state index in [4.69, 9.17) is 37.0 Å². The Morgan fingerprint density at radius 2 is 0.466 bits per heavy atom. The van der Waals surface area contributed by atoms with Gasteiger partial charge in [0.1, 0.15) is 19.3 Å². The molecule has 17 nitrogen and oxygen atoms in total. The van der Waals surface area contributed by atoms with E-state index in [1.54, 1.807) is 0 Å². The van der Waals surface area contributed by atoms with Crippen molar-refractivity contribution in [3.63, 3.8) is 0 Å². The minimum Gasteiger partial charge on any atom is -0.462 e. The quantitative estimate of drug-likeness (QED) is 0.0222. The molecule has 3 unspecified atom stereocenters. The largest absolute Gasteiger partial charge is 0.472 e. The van der Waals surface area contributed by atoms with Gasteiger partial charge < -0.3 is 33.8 Å². The normalized spacial score (nSPS) is 14.2. The first-order chi connectivity index (χ1) is 49.6. The minimum absolute atomic E-state index is 0.107. The Morgan fingerprint density at radius 3 is 0.689 bits per heavy atom. The zero-order valence-electron chi connectivity index (χ0n) is 68.0. The maximum atomic E-state index is 13.1. The van der Waals surface area contributed by atoms with Crippen LogP contribution in [0.5, 0.6) is 0 Å². The van der Waals surface area contributed by atoms with Crippen LogP contribution in [0.2, 0.25) is 0 Å². The highest BCUT2D eigenvalue weighted by molar-refractivity contribution is 7.47. The lowest BCUT2D eigenvalue weighted by Gasteiger charge is -2.21.